The van der Waals surface area contributed by atoms with Crippen molar-refractivity contribution in [3.63, 3.8) is 0 Å². The SMILES string of the molecule is COC(=O)[C@]1(CCC=O)CCCN1C(=O)OCc1ccccc1. The molecule has 2 rings (SSSR count). The van der Waals surface area contributed by atoms with Crippen LogP contribution in [0.25, 0.3) is 0 Å². The summed E-state index contributed by atoms with van der Waals surface area (Å²) in [4.78, 5) is 36.8. The number of nitrogens with zero attached hydrogens (tertiary/aromatic N) is 1. The predicted molar refractivity (Wildman–Crippen MR) is 82.6 cm³/mol. The molecular formula is C17H21NO5. The fourth-order valence-corrected chi connectivity index (χ4v) is 3.00. The lowest BCUT2D eigenvalue weighted by molar-refractivity contribution is -0.153. The van der Waals surface area contributed by atoms with Gasteiger partial charge in [-0.25, -0.2) is 9.59 Å². The van der Waals surface area contributed by atoms with Crippen LogP contribution < -0.4 is 0 Å². The van der Waals surface area contributed by atoms with Crippen LogP contribution in [0.2, 0.25) is 0 Å². The van der Waals surface area contributed by atoms with Crippen LogP contribution >= 0.6 is 0 Å². The van der Waals surface area contributed by atoms with E-state index >= 15 is 0 Å². The molecule has 23 heavy (non-hydrogen) atoms. The number of likely N-dealkylation sites (tertiary alicyclic amines) is 1. The molecule has 0 bridgehead atoms. The number of hydrogen-bond acceptors (Lipinski definition) is 5. The van der Waals surface area contributed by atoms with Gasteiger partial charge in [-0.2, -0.15) is 0 Å². The van der Waals surface area contributed by atoms with Crippen LogP contribution in [0.4, 0.5) is 4.79 Å². The van der Waals surface area contributed by atoms with Gasteiger partial charge < -0.3 is 14.3 Å². The third kappa shape index (κ3) is 3.70. The summed E-state index contributed by atoms with van der Waals surface area (Å²) in [5.74, 6) is -0.492. The zero-order valence-electron chi connectivity index (χ0n) is 13.2. The monoisotopic (exact) mass is 319 g/mol. The first-order chi connectivity index (χ1) is 11.1. The van der Waals surface area contributed by atoms with Gasteiger partial charge in [0.25, 0.3) is 0 Å². The van der Waals surface area contributed by atoms with Crippen LogP contribution in [0.15, 0.2) is 30.3 Å². The van der Waals surface area contributed by atoms with Crippen molar-refractivity contribution in [3.05, 3.63) is 35.9 Å². The van der Waals surface area contributed by atoms with Gasteiger partial charge in [0.2, 0.25) is 0 Å². The summed E-state index contributed by atoms with van der Waals surface area (Å²) in [5.41, 5.74) is -0.222. The van der Waals surface area contributed by atoms with Crippen LogP contribution in [0.3, 0.4) is 0 Å². The molecule has 1 aromatic carbocycles. The Labute approximate surface area is 135 Å². The molecule has 0 saturated carbocycles. The maximum absolute atomic E-state index is 12.4. The van der Waals surface area contributed by atoms with Gasteiger partial charge in [-0.1, -0.05) is 30.3 Å². The number of ether oxygens (including phenoxy) is 2. The number of amides is 1. The zero-order valence-corrected chi connectivity index (χ0v) is 13.2. The molecule has 0 unspecified atom stereocenters. The second-order valence-electron chi connectivity index (χ2n) is 5.52. The minimum atomic E-state index is -1.09. The van der Waals surface area contributed by atoms with Crippen molar-refractivity contribution >= 4 is 18.3 Å². The molecule has 0 radical (unpaired) electrons. The van der Waals surface area contributed by atoms with Crippen molar-refractivity contribution in [2.24, 2.45) is 0 Å². The average Bonchev–Trinajstić information content (AvgIpc) is 3.03. The lowest BCUT2D eigenvalue weighted by Gasteiger charge is -2.34. The number of methoxy groups -OCH3 is 1. The van der Waals surface area contributed by atoms with E-state index in [9.17, 15) is 14.4 Å². The van der Waals surface area contributed by atoms with Crippen molar-refractivity contribution in [2.75, 3.05) is 13.7 Å². The first-order valence-electron chi connectivity index (χ1n) is 7.64. The van der Waals surface area contributed by atoms with Crippen LogP contribution in [-0.4, -0.2) is 42.4 Å². The molecule has 0 spiro atoms. The highest BCUT2D eigenvalue weighted by Gasteiger charge is 2.50. The van der Waals surface area contributed by atoms with Gasteiger partial charge in [-0.15, -0.1) is 0 Å². The molecule has 0 N–H and O–H groups in total. The lowest BCUT2D eigenvalue weighted by atomic mass is 9.91. The minimum Gasteiger partial charge on any atom is -0.467 e. The molecule has 1 aliphatic heterocycles. The molecule has 0 aliphatic carbocycles. The van der Waals surface area contributed by atoms with Crippen LogP contribution in [0.5, 0.6) is 0 Å². The van der Waals surface area contributed by atoms with E-state index in [0.29, 0.717) is 19.4 Å². The van der Waals surface area contributed by atoms with E-state index in [-0.39, 0.29) is 19.4 Å². The second-order valence-corrected chi connectivity index (χ2v) is 5.52. The van der Waals surface area contributed by atoms with Crippen molar-refractivity contribution in [1.29, 1.82) is 0 Å². The van der Waals surface area contributed by atoms with Crippen molar-refractivity contribution in [2.45, 2.75) is 37.8 Å². The highest BCUT2D eigenvalue weighted by atomic mass is 16.6. The Morgan fingerprint density at radius 1 is 1.30 bits per heavy atom. The van der Waals surface area contributed by atoms with Crippen molar-refractivity contribution < 1.29 is 23.9 Å². The quantitative estimate of drug-likeness (QED) is 0.594. The minimum absolute atomic E-state index is 0.140. The summed E-state index contributed by atoms with van der Waals surface area (Å²) < 4.78 is 10.2. The number of esters is 1. The Morgan fingerprint density at radius 3 is 2.70 bits per heavy atom. The molecule has 1 saturated heterocycles. The van der Waals surface area contributed by atoms with Crippen LogP contribution in [0.1, 0.15) is 31.2 Å². The first kappa shape index (κ1) is 17.0. The lowest BCUT2D eigenvalue weighted by Crippen LogP contribution is -2.53. The number of carbonyl (C=O) groups excluding carboxylic acids is 3. The second kappa shape index (κ2) is 7.76. The van der Waals surface area contributed by atoms with Crippen LogP contribution in [-0.2, 0) is 25.7 Å². The summed E-state index contributed by atoms with van der Waals surface area (Å²) in [6.45, 7) is 0.558. The molecule has 1 heterocycles. The van der Waals surface area contributed by atoms with E-state index in [4.69, 9.17) is 9.47 Å². The van der Waals surface area contributed by atoms with E-state index in [0.717, 1.165) is 11.8 Å². The maximum Gasteiger partial charge on any atom is 0.411 e. The van der Waals surface area contributed by atoms with Crippen molar-refractivity contribution in [3.8, 4) is 0 Å². The van der Waals surface area contributed by atoms with Gasteiger partial charge >= 0.3 is 12.1 Å². The molecule has 6 nitrogen and oxygen atoms in total. The summed E-state index contributed by atoms with van der Waals surface area (Å²) in [5, 5.41) is 0. The first-order valence-corrected chi connectivity index (χ1v) is 7.64. The summed E-state index contributed by atoms with van der Waals surface area (Å²) in [7, 11) is 1.29. The average molecular weight is 319 g/mol. The highest BCUT2D eigenvalue weighted by molar-refractivity contribution is 5.86. The van der Waals surface area contributed by atoms with Gasteiger partial charge in [-0.3, -0.25) is 4.90 Å². The Balaban J connectivity index is 2.09. The smallest absolute Gasteiger partial charge is 0.411 e. The third-order valence-electron chi connectivity index (χ3n) is 4.16. The van der Waals surface area contributed by atoms with E-state index in [1.807, 2.05) is 30.3 Å². The predicted octanol–water partition coefficient (Wildman–Crippen LogP) is 2.31. The Morgan fingerprint density at radius 2 is 2.04 bits per heavy atom. The number of carbonyl (C=O) groups is 3. The fraction of sp³-hybridized carbons (Fsp3) is 0.471. The molecule has 1 amide bonds. The Kier molecular flexibility index (Phi) is 5.73. The maximum atomic E-state index is 12.4. The van der Waals surface area contributed by atoms with Gasteiger partial charge in [0.15, 0.2) is 0 Å². The van der Waals surface area contributed by atoms with Gasteiger partial charge in [-0.05, 0) is 24.8 Å². The molecule has 6 heteroatoms. The van der Waals surface area contributed by atoms with Gasteiger partial charge in [0.1, 0.15) is 18.4 Å². The Hall–Kier alpha value is -2.37. The molecule has 1 aromatic rings. The topological polar surface area (TPSA) is 72.9 Å². The van der Waals surface area contributed by atoms with Gasteiger partial charge in [0, 0.05) is 13.0 Å². The standard InChI is InChI=1S/C17H21NO5/c1-22-15(20)17(10-6-12-19)9-5-11-18(17)16(21)23-13-14-7-3-2-4-8-14/h2-4,7-8,12H,5-6,9-11,13H2,1H3/t17-/m1/s1. The number of rotatable bonds is 6. The normalized spacial score (nSPS) is 20.1. The molecule has 1 fully saturated rings. The molecule has 1 aliphatic rings. The molecule has 124 valence electrons. The van der Waals surface area contributed by atoms with Crippen molar-refractivity contribution in [1.82, 2.24) is 4.90 Å². The Bertz CT molecular complexity index is 559. The molecule has 0 aromatic heterocycles. The third-order valence-corrected chi connectivity index (χ3v) is 4.16. The summed E-state index contributed by atoms with van der Waals surface area (Å²) >= 11 is 0. The van der Waals surface area contributed by atoms with Gasteiger partial charge in [0.05, 0.1) is 7.11 Å². The fourth-order valence-electron chi connectivity index (χ4n) is 3.00. The number of aldehydes is 1. The largest absolute Gasteiger partial charge is 0.467 e. The molecule has 1 atom stereocenters. The van der Waals surface area contributed by atoms with E-state index < -0.39 is 17.6 Å². The van der Waals surface area contributed by atoms with Crippen LogP contribution in [0, 0.1) is 0 Å². The summed E-state index contributed by atoms with van der Waals surface area (Å²) in [6, 6.07) is 9.33. The summed E-state index contributed by atoms with van der Waals surface area (Å²) in [6.07, 6.45) is 1.79. The number of hydrogen-bond donors (Lipinski definition) is 0. The number of benzene rings is 1. The van der Waals surface area contributed by atoms with E-state index in [1.165, 1.54) is 12.0 Å². The van der Waals surface area contributed by atoms with E-state index in [1.54, 1.807) is 0 Å². The highest BCUT2D eigenvalue weighted by Crippen LogP contribution is 2.35. The zero-order chi connectivity index (χ0) is 16.7. The van der Waals surface area contributed by atoms with E-state index in [2.05, 4.69) is 0 Å². The molecular weight excluding hydrogens is 298 g/mol.